The number of anilines is 1. The lowest BCUT2D eigenvalue weighted by molar-refractivity contribution is 0.220. The maximum Gasteiger partial charge on any atom is 0.319 e. The molecule has 0 fully saturated rings. The summed E-state index contributed by atoms with van der Waals surface area (Å²) in [6.07, 6.45) is 4.36. The van der Waals surface area contributed by atoms with Gasteiger partial charge in [0, 0.05) is 28.7 Å². The minimum absolute atomic E-state index is 0.125. The lowest BCUT2D eigenvalue weighted by atomic mass is 9.82. The summed E-state index contributed by atoms with van der Waals surface area (Å²) in [6, 6.07) is 9.43. The van der Waals surface area contributed by atoms with Gasteiger partial charge in [0.2, 0.25) is 0 Å². The highest BCUT2D eigenvalue weighted by atomic mass is 16.2. The lowest BCUT2D eigenvalue weighted by Gasteiger charge is -2.33. The van der Waals surface area contributed by atoms with Crippen molar-refractivity contribution in [3.05, 3.63) is 42.7 Å². The molecule has 2 heterocycles. The SMILES string of the molecule is CC(C)(C)CC(C)(C)NC(=O)Nc1cc2cccnc2c2cccnc12. The molecule has 0 aliphatic rings. The van der Waals surface area contributed by atoms with Gasteiger partial charge < -0.3 is 10.6 Å². The van der Waals surface area contributed by atoms with Gasteiger partial charge in [-0.3, -0.25) is 9.97 Å². The van der Waals surface area contributed by atoms with Crippen molar-refractivity contribution in [3.63, 3.8) is 0 Å². The molecule has 136 valence electrons. The van der Waals surface area contributed by atoms with Gasteiger partial charge in [-0.05, 0) is 49.9 Å². The maximum absolute atomic E-state index is 12.6. The van der Waals surface area contributed by atoms with Crippen LogP contribution in [0.4, 0.5) is 10.5 Å². The predicted molar refractivity (Wildman–Crippen MR) is 107 cm³/mol. The molecule has 1 aromatic carbocycles. The van der Waals surface area contributed by atoms with Crippen LogP contribution >= 0.6 is 0 Å². The summed E-state index contributed by atoms with van der Waals surface area (Å²) in [6.45, 7) is 10.6. The van der Waals surface area contributed by atoms with Crippen LogP contribution in [0.3, 0.4) is 0 Å². The summed E-state index contributed by atoms with van der Waals surface area (Å²) in [7, 11) is 0. The highest BCUT2D eigenvalue weighted by Crippen LogP contribution is 2.30. The summed E-state index contributed by atoms with van der Waals surface area (Å²) in [4.78, 5) is 21.5. The first-order valence-electron chi connectivity index (χ1n) is 8.86. The lowest BCUT2D eigenvalue weighted by Crippen LogP contribution is -2.47. The first-order chi connectivity index (χ1) is 12.1. The van der Waals surface area contributed by atoms with Crippen LogP contribution in [-0.4, -0.2) is 21.5 Å². The van der Waals surface area contributed by atoms with Gasteiger partial charge >= 0.3 is 6.03 Å². The van der Waals surface area contributed by atoms with Crippen LogP contribution in [0, 0.1) is 5.41 Å². The molecule has 0 radical (unpaired) electrons. The van der Waals surface area contributed by atoms with Crippen molar-refractivity contribution >= 4 is 33.5 Å². The smallest absolute Gasteiger partial charge is 0.319 e. The largest absolute Gasteiger partial charge is 0.333 e. The average Bonchev–Trinajstić information content (AvgIpc) is 2.52. The molecule has 0 saturated heterocycles. The Balaban J connectivity index is 1.92. The third-order valence-electron chi connectivity index (χ3n) is 4.13. The summed E-state index contributed by atoms with van der Waals surface area (Å²) in [5.41, 5.74) is 2.12. The van der Waals surface area contributed by atoms with Crippen LogP contribution in [0.15, 0.2) is 42.7 Å². The number of aromatic nitrogens is 2. The molecule has 26 heavy (non-hydrogen) atoms. The predicted octanol–water partition coefficient (Wildman–Crippen LogP) is 5.12. The van der Waals surface area contributed by atoms with E-state index in [4.69, 9.17) is 0 Å². The normalized spacial score (nSPS) is 12.3. The Kier molecular flexibility index (Phi) is 4.57. The van der Waals surface area contributed by atoms with E-state index >= 15 is 0 Å². The molecule has 0 saturated carbocycles. The van der Waals surface area contributed by atoms with Crippen molar-refractivity contribution in [1.29, 1.82) is 0 Å². The minimum Gasteiger partial charge on any atom is -0.333 e. The van der Waals surface area contributed by atoms with E-state index in [1.165, 1.54) is 0 Å². The number of nitrogens with zero attached hydrogens (tertiary/aromatic N) is 2. The zero-order chi connectivity index (χ0) is 18.9. The van der Waals surface area contributed by atoms with Gasteiger partial charge in [-0.2, -0.15) is 0 Å². The molecule has 2 amide bonds. The Bertz CT molecular complexity index is 957. The van der Waals surface area contributed by atoms with Crippen molar-refractivity contribution in [1.82, 2.24) is 15.3 Å². The zero-order valence-electron chi connectivity index (χ0n) is 16.1. The number of hydrogen-bond donors (Lipinski definition) is 2. The van der Waals surface area contributed by atoms with E-state index in [0.717, 1.165) is 28.2 Å². The molecule has 2 aromatic heterocycles. The molecule has 0 unspecified atom stereocenters. The van der Waals surface area contributed by atoms with Gasteiger partial charge in [0.25, 0.3) is 0 Å². The van der Waals surface area contributed by atoms with Crippen LogP contribution < -0.4 is 10.6 Å². The van der Waals surface area contributed by atoms with Crippen LogP contribution in [0.5, 0.6) is 0 Å². The summed E-state index contributed by atoms with van der Waals surface area (Å²) < 4.78 is 0. The number of fused-ring (bicyclic) bond motifs is 3. The Morgan fingerprint density at radius 1 is 1.00 bits per heavy atom. The average molecular weight is 350 g/mol. The maximum atomic E-state index is 12.6. The van der Waals surface area contributed by atoms with Gasteiger partial charge in [0.15, 0.2) is 0 Å². The fraction of sp³-hybridized carbons (Fsp3) is 0.381. The second-order valence-electron chi connectivity index (χ2n) is 8.60. The number of amides is 2. The molecule has 0 spiro atoms. The van der Waals surface area contributed by atoms with Crippen molar-refractivity contribution in [2.45, 2.75) is 46.6 Å². The zero-order valence-corrected chi connectivity index (χ0v) is 16.1. The van der Waals surface area contributed by atoms with Gasteiger partial charge in [0.05, 0.1) is 16.7 Å². The molecule has 0 aliphatic carbocycles. The van der Waals surface area contributed by atoms with Gasteiger partial charge in [-0.15, -0.1) is 0 Å². The Morgan fingerprint density at radius 2 is 1.65 bits per heavy atom. The molecule has 2 N–H and O–H groups in total. The fourth-order valence-corrected chi connectivity index (χ4v) is 3.72. The molecule has 3 rings (SSSR count). The molecule has 0 bridgehead atoms. The van der Waals surface area contributed by atoms with Crippen LogP contribution in [0.2, 0.25) is 0 Å². The van der Waals surface area contributed by atoms with E-state index in [-0.39, 0.29) is 17.0 Å². The quantitative estimate of drug-likeness (QED) is 0.644. The Hall–Kier alpha value is -2.69. The molecule has 3 aromatic rings. The van der Waals surface area contributed by atoms with Gasteiger partial charge in [0.1, 0.15) is 0 Å². The van der Waals surface area contributed by atoms with E-state index < -0.39 is 0 Å². The number of carbonyl (C=O) groups excluding carboxylic acids is 1. The van der Waals surface area contributed by atoms with Crippen molar-refractivity contribution in [2.24, 2.45) is 5.41 Å². The highest BCUT2D eigenvalue weighted by molar-refractivity contribution is 6.11. The summed E-state index contributed by atoms with van der Waals surface area (Å²) in [5, 5.41) is 7.95. The van der Waals surface area contributed by atoms with Crippen LogP contribution in [0.1, 0.15) is 41.0 Å². The monoisotopic (exact) mass is 350 g/mol. The molecule has 5 heteroatoms. The van der Waals surface area contributed by atoms with Gasteiger partial charge in [-0.1, -0.05) is 26.8 Å². The van der Waals surface area contributed by atoms with E-state index in [9.17, 15) is 4.79 Å². The topological polar surface area (TPSA) is 66.9 Å². The Labute approximate surface area is 154 Å². The number of rotatable bonds is 3. The first-order valence-corrected chi connectivity index (χ1v) is 8.86. The molecular weight excluding hydrogens is 324 g/mol. The summed E-state index contributed by atoms with van der Waals surface area (Å²) >= 11 is 0. The molecule has 0 atom stereocenters. The molecule has 5 nitrogen and oxygen atoms in total. The number of urea groups is 1. The fourth-order valence-electron chi connectivity index (χ4n) is 3.72. The number of nitrogens with one attached hydrogen (secondary N) is 2. The van der Waals surface area contributed by atoms with Crippen molar-refractivity contribution in [2.75, 3.05) is 5.32 Å². The van der Waals surface area contributed by atoms with E-state index in [1.54, 1.807) is 12.4 Å². The van der Waals surface area contributed by atoms with E-state index in [2.05, 4.69) is 41.4 Å². The minimum atomic E-state index is -0.316. The number of hydrogen-bond acceptors (Lipinski definition) is 3. The highest BCUT2D eigenvalue weighted by Gasteiger charge is 2.27. The standard InChI is InChI=1S/C21H26N4O/c1-20(2,3)13-21(4,5)25-19(26)24-16-12-14-8-6-10-22-17(14)15-9-7-11-23-18(15)16/h6-12H,13H2,1-5H3,(H2,24,25,26). The Morgan fingerprint density at radius 3 is 2.35 bits per heavy atom. The van der Waals surface area contributed by atoms with E-state index in [1.807, 2.05) is 44.2 Å². The molecule has 0 aliphatic heterocycles. The van der Waals surface area contributed by atoms with Crippen LogP contribution in [0.25, 0.3) is 21.8 Å². The second-order valence-corrected chi connectivity index (χ2v) is 8.60. The number of carbonyl (C=O) groups is 1. The van der Waals surface area contributed by atoms with Crippen molar-refractivity contribution in [3.8, 4) is 0 Å². The summed E-state index contributed by atoms with van der Waals surface area (Å²) in [5.74, 6) is 0. The second kappa shape index (κ2) is 6.56. The van der Waals surface area contributed by atoms with E-state index in [0.29, 0.717) is 5.69 Å². The molecular formula is C21H26N4O. The van der Waals surface area contributed by atoms with Crippen molar-refractivity contribution < 1.29 is 4.79 Å². The first kappa shape index (κ1) is 18.1. The van der Waals surface area contributed by atoms with Crippen LogP contribution in [-0.2, 0) is 0 Å². The third kappa shape index (κ3) is 4.10. The number of benzene rings is 1. The number of pyridine rings is 2. The third-order valence-corrected chi connectivity index (χ3v) is 4.13. The van der Waals surface area contributed by atoms with Gasteiger partial charge in [-0.25, -0.2) is 4.79 Å².